The Hall–Kier alpha value is 0.140. The lowest BCUT2D eigenvalue weighted by Crippen LogP contribution is -2.38. The molecule has 1 aromatic rings. The van der Waals surface area contributed by atoms with Gasteiger partial charge in [-0.05, 0) is 60.0 Å². The van der Waals surface area contributed by atoms with Crippen LogP contribution >= 0.6 is 27.3 Å². The van der Waals surface area contributed by atoms with Gasteiger partial charge in [0.15, 0.2) is 0 Å². The van der Waals surface area contributed by atoms with Crippen LogP contribution in [0.1, 0.15) is 42.9 Å². The molecule has 1 fully saturated rings. The highest BCUT2D eigenvalue weighted by Crippen LogP contribution is 2.30. The number of hydrogen-bond donors (Lipinski definition) is 1. The Balaban J connectivity index is 1.85. The van der Waals surface area contributed by atoms with Crippen LogP contribution in [-0.4, -0.2) is 6.04 Å². The van der Waals surface area contributed by atoms with Gasteiger partial charge in [-0.2, -0.15) is 0 Å². The minimum Gasteiger partial charge on any atom is -0.309 e. The molecule has 1 nitrogen and oxygen atoms in total. The van der Waals surface area contributed by atoms with Gasteiger partial charge >= 0.3 is 0 Å². The normalized spacial score (nSPS) is 29.5. The minimum atomic E-state index is 0.715. The van der Waals surface area contributed by atoms with Crippen LogP contribution in [0.2, 0.25) is 0 Å². The molecule has 96 valence electrons. The fraction of sp³-hybridized carbons (Fsp3) is 0.714. The molecule has 1 heterocycles. The lowest BCUT2D eigenvalue weighted by molar-refractivity contribution is 0.227. The Morgan fingerprint density at radius 1 is 1.41 bits per heavy atom. The second-order valence-corrected chi connectivity index (χ2v) is 7.69. The van der Waals surface area contributed by atoms with Crippen molar-refractivity contribution in [1.29, 1.82) is 0 Å². The van der Waals surface area contributed by atoms with E-state index in [9.17, 15) is 0 Å². The van der Waals surface area contributed by atoms with Gasteiger partial charge in [-0.1, -0.05) is 13.8 Å². The van der Waals surface area contributed by atoms with Gasteiger partial charge in [-0.25, -0.2) is 0 Å². The first-order valence-corrected chi connectivity index (χ1v) is 8.15. The molecule has 2 rings (SSSR count). The van der Waals surface area contributed by atoms with Crippen LogP contribution in [0.15, 0.2) is 10.5 Å². The molecule has 1 N–H and O–H groups in total. The van der Waals surface area contributed by atoms with Gasteiger partial charge < -0.3 is 5.32 Å². The highest BCUT2D eigenvalue weighted by molar-refractivity contribution is 9.10. The largest absolute Gasteiger partial charge is 0.309 e. The molecule has 0 aliphatic heterocycles. The van der Waals surface area contributed by atoms with E-state index in [2.05, 4.69) is 48.1 Å². The summed E-state index contributed by atoms with van der Waals surface area (Å²) < 4.78 is 1.25. The first-order valence-electron chi connectivity index (χ1n) is 6.54. The lowest BCUT2D eigenvalue weighted by Gasteiger charge is -2.33. The third kappa shape index (κ3) is 3.55. The first-order chi connectivity index (χ1) is 8.06. The average molecular weight is 316 g/mol. The maximum Gasteiger partial charge on any atom is 0.0314 e. The summed E-state index contributed by atoms with van der Waals surface area (Å²) in [6.45, 7) is 7.97. The summed E-state index contributed by atoms with van der Waals surface area (Å²) in [7, 11) is 0. The van der Waals surface area contributed by atoms with Crippen LogP contribution in [0.3, 0.4) is 0 Å². The van der Waals surface area contributed by atoms with Crippen molar-refractivity contribution in [3.63, 3.8) is 0 Å². The molecule has 0 aromatic carbocycles. The number of rotatable bonds is 3. The van der Waals surface area contributed by atoms with Gasteiger partial charge in [0.25, 0.3) is 0 Å². The maximum absolute atomic E-state index is 3.74. The molecule has 0 amide bonds. The Labute approximate surface area is 117 Å². The standard InChI is InChI=1S/C14H22BrNS/c1-9-4-5-14(10(2)6-9)16-8-12-7-13(15)11(3)17-12/h7,9-10,14,16H,4-6,8H2,1-3H3. The van der Waals surface area contributed by atoms with Crippen molar-refractivity contribution in [1.82, 2.24) is 5.32 Å². The Kier molecular flexibility index (Phi) is 4.67. The highest BCUT2D eigenvalue weighted by atomic mass is 79.9. The molecule has 17 heavy (non-hydrogen) atoms. The topological polar surface area (TPSA) is 12.0 Å². The van der Waals surface area contributed by atoms with Crippen LogP contribution < -0.4 is 5.32 Å². The molecule has 0 saturated heterocycles. The summed E-state index contributed by atoms with van der Waals surface area (Å²) in [6, 6.07) is 2.97. The van der Waals surface area contributed by atoms with E-state index in [0.717, 1.165) is 18.4 Å². The zero-order valence-corrected chi connectivity index (χ0v) is 13.3. The number of halogens is 1. The van der Waals surface area contributed by atoms with Crippen molar-refractivity contribution in [2.75, 3.05) is 0 Å². The van der Waals surface area contributed by atoms with E-state index < -0.39 is 0 Å². The van der Waals surface area contributed by atoms with E-state index in [1.807, 2.05) is 11.3 Å². The fourth-order valence-electron chi connectivity index (χ4n) is 2.81. The van der Waals surface area contributed by atoms with Crippen LogP contribution in [0, 0.1) is 18.8 Å². The fourth-order valence-corrected chi connectivity index (χ4v) is 4.36. The number of aryl methyl sites for hydroxylation is 1. The zero-order valence-electron chi connectivity index (χ0n) is 10.9. The average Bonchev–Trinajstić information content (AvgIpc) is 2.57. The number of nitrogens with one attached hydrogen (secondary N) is 1. The second kappa shape index (κ2) is 5.85. The van der Waals surface area contributed by atoms with E-state index in [-0.39, 0.29) is 0 Å². The van der Waals surface area contributed by atoms with E-state index in [4.69, 9.17) is 0 Å². The van der Waals surface area contributed by atoms with Crippen molar-refractivity contribution in [3.05, 3.63) is 20.3 Å². The molecule has 1 aromatic heterocycles. The van der Waals surface area contributed by atoms with Crippen LogP contribution in [0.5, 0.6) is 0 Å². The number of hydrogen-bond acceptors (Lipinski definition) is 2. The van der Waals surface area contributed by atoms with Crippen LogP contribution in [-0.2, 0) is 6.54 Å². The molecule has 3 heteroatoms. The van der Waals surface area contributed by atoms with E-state index in [1.54, 1.807) is 0 Å². The van der Waals surface area contributed by atoms with Gasteiger partial charge in [-0.15, -0.1) is 11.3 Å². The molecule has 0 spiro atoms. The third-order valence-corrected chi connectivity index (χ3v) is 6.01. The van der Waals surface area contributed by atoms with E-state index >= 15 is 0 Å². The lowest BCUT2D eigenvalue weighted by atomic mass is 9.80. The summed E-state index contributed by atoms with van der Waals surface area (Å²) in [4.78, 5) is 2.83. The number of thiophene rings is 1. The smallest absolute Gasteiger partial charge is 0.0314 e. The zero-order chi connectivity index (χ0) is 12.4. The molecule has 3 unspecified atom stereocenters. The van der Waals surface area contributed by atoms with E-state index in [0.29, 0.717) is 6.04 Å². The van der Waals surface area contributed by atoms with Crippen molar-refractivity contribution in [2.24, 2.45) is 11.8 Å². The molecule has 1 aliphatic rings. The summed E-state index contributed by atoms with van der Waals surface area (Å²) in [5.41, 5.74) is 0. The Bertz CT molecular complexity index is 355. The highest BCUT2D eigenvalue weighted by Gasteiger charge is 2.24. The minimum absolute atomic E-state index is 0.715. The molecule has 0 radical (unpaired) electrons. The van der Waals surface area contributed by atoms with Crippen molar-refractivity contribution < 1.29 is 0 Å². The second-order valence-electron chi connectivity index (χ2n) is 5.50. The van der Waals surface area contributed by atoms with Crippen molar-refractivity contribution >= 4 is 27.3 Å². The molecule has 3 atom stereocenters. The summed E-state index contributed by atoms with van der Waals surface area (Å²) in [5.74, 6) is 1.74. The first kappa shape index (κ1) is 13.6. The predicted molar refractivity (Wildman–Crippen MR) is 79.6 cm³/mol. The van der Waals surface area contributed by atoms with Crippen molar-refractivity contribution in [3.8, 4) is 0 Å². The molecular weight excluding hydrogens is 294 g/mol. The maximum atomic E-state index is 3.74. The molecular formula is C14H22BrNS. The third-order valence-electron chi connectivity index (χ3n) is 3.88. The summed E-state index contributed by atoms with van der Waals surface area (Å²) in [6.07, 6.45) is 4.11. The van der Waals surface area contributed by atoms with Gasteiger partial charge in [0.05, 0.1) is 0 Å². The van der Waals surface area contributed by atoms with E-state index in [1.165, 1.54) is 33.5 Å². The predicted octanol–water partition coefficient (Wildman–Crippen LogP) is 4.73. The monoisotopic (exact) mass is 315 g/mol. The summed E-state index contributed by atoms with van der Waals surface area (Å²) >= 11 is 5.48. The van der Waals surface area contributed by atoms with Gasteiger partial charge in [0.2, 0.25) is 0 Å². The quantitative estimate of drug-likeness (QED) is 0.850. The van der Waals surface area contributed by atoms with Gasteiger partial charge in [0, 0.05) is 26.8 Å². The summed E-state index contributed by atoms with van der Waals surface area (Å²) in [5, 5.41) is 3.74. The van der Waals surface area contributed by atoms with Crippen LogP contribution in [0.25, 0.3) is 0 Å². The van der Waals surface area contributed by atoms with Crippen LogP contribution in [0.4, 0.5) is 0 Å². The molecule has 1 saturated carbocycles. The van der Waals surface area contributed by atoms with Crippen molar-refractivity contribution in [2.45, 2.75) is 52.6 Å². The SMILES string of the molecule is Cc1sc(CNC2CCC(C)CC2C)cc1Br. The Morgan fingerprint density at radius 3 is 2.76 bits per heavy atom. The van der Waals surface area contributed by atoms with Gasteiger partial charge in [0.1, 0.15) is 0 Å². The molecule has 0 bridgehead atoms. The molecule has 1 aliphatic carbocycles. The van der Waals surface area contributed by atoms with Gasteiger partial charge in [-0.3, -0.25) is 0 Å². The Morgan fingerprint density at radius 2 is 2.18 bits per heavy atom.